The van der Waals surface area contributed by atoms with Crippen LogP contribution in [0.4, 0.5) is 0 Å². The van der Waals surface area contributed by atoms with Gasteiger partial charge in [0, 0.05) is 18.3 Å². The number of nitrogens with zero attached hydrogens (tertiary/aromatic N) is 2. The van der Waals surface area contributed by atoms with E-state index in [9.17, 15) is 0 Å². The zero-order chi connectivity index (χ0) is 8.04. The third-order valence-electron chi connectivity index (χ3n) is 1.46. The Hall–Kier alpha value is -1.28. The topological polar surface area (TPSA) is 47.6 Å². The molecule has 0 saturated heterocycles. The monoisotopic (exact) mass is 134 g/mol. The first-order valence-electron chi connectivity index (χ1n) is 3.06. The number of allylic oxidation sites excluding steroid dienone is 1. The average molecular weight is 134 g/mol. The van der Waals surface area contributed by atoms with E-state index in [0.717, 1.165) is 0 Å². The molecule has 0 amide bonds. The van der Waals surface area contributed by atoms with Crippen molar-refractivity contribution in [1.82, 2.24) is 0 Å². The van der Waals surface area contributed by atoms with Gasteiger partial charge in [-0.15, -0.1) is 6.58 Å². The van der Waals surface area contributed by atoms with Gasteiger partial charge in [-0.2, -0.15) is 10.5 Å². The second kappa shape index (κ2) is 3.69. The Morgan fingerprint density at radius 3 is 2.00 bits per heavy atom. The lowest BCUT2D eigenvalue weighted by atomic mass is 9.85. The largest absolute Gasteiger partial charge is 0.198 e. The fourth-order valence-electron chi connectivity index (χ4n) is 0.568. The van der Waals surface area contributed by atoms with Crippen LogP contribution in [0.25, 0.3) is 0 Å². The normalized spacial score (nSPS) is 9.50. The van der Waals surface area contributed by atoms with Crippen LogP contribution in [0.15, 0.2) is 12.7 Å². The van der Waals surface area contributed by atoms with E-state index in [0.29, 0.717) is 12.8 Å². The van der Waals surface area contributed by atoms with Gasteiger partial charge in [0.2, 0.25) is 0 Å². The van der Waals surface area contributed by atoms with Gasteiger partial charge in [-0.3, -0.25) is 0 Å². The van der Waals surface area contributed by atoms with E-state index in [-0.39, 0.29) is 5.41 Å². The van der Waals surface area contributed by atoms with Gasteiger partial charge in [0.15, 0.2) is 0 Å². The summed E-state index contributed by atoms with van der Waals surface area (Å²) in [7, 11) is 0. The summed E-state index contributed by atoms with van der Waals surface area (Å²) in [6.07, 6.45) is 2.40. The highest BCUT2D eigenvalue weighted by molar-refractivity contribution is 5.01. The smallest absolute Gasteiger partial charge is 0.0631 e. The molecule has 0 aromatic rings. The van der Waals surface area contributed by atoms with Crippen LogP contribution < -0.4 is 0 Å². The minimum absolute atomic E-state index is 0.316. The summed E-state index contributed by atoms with van der Waals surface area (Å²) < 4.78 is 0. The molecule has 0 N–H and O–H groups in total. The van der Waals surface area contributed by atoms with Crippen LogP contribution >= 0.6 is 0 Å². The number of nitriles is 2. The van der Waals surface area contributed by atoms with Crippen molar-refractivity contribution in [3.8, 4) is 12.1 Å². The minimum atomic E-state index is -0.316. The van der Waals surface area contributed by atoms with Crippen molar-refractivity contribution in [3.63, 3.8) is 0 Å². The summed E-state index contributed by atoms with van der Waals surface area (Å²) in [5.41, 5.74) is -0.316. The summed E-state index contributed by atoms with van der Waals surface area (Å²) in [6, 6.07) is 4.04. The molecule has 0 aromatic heterocycles. The Morgan fingerprint density at radius 2 is 1.80 bits per heavy atom. The molecule has 0 spiro atoms. The standard InChI is InChI=1S/C8H10N2/c1-3-8(2,4-6-9)5-7-10/h3H,1,4-5H2,2H3. The van der Waals surface area contributed by atoms with Crippen LogP contribution in [-0.2, 0) is 0 Å². The van der Waals surface area contributed by atoms with E-state index < -0.39 is 0 Å². The molecule has 0 radical (unpaired) electrons. The quantitative estimate of drug-likeness (QED) is 0.554. The van der Waals surface area contributed by atoms with E-state index in [4.69, 9.17) is 10.5 Å². The van der Waals surface area contributed by atoms with Gasteiger partial charge in [0.05, 0.1) is 12.1 Å². The van der Waals surface area contributed by atoms with Gasteiger partial charge in [-0.25, -0.2) is 0 Å². The molecule has 2 heteroatoms. The molecule has 0 fully saturated rings. The summed E-state index contributed by atoms with van der Waals surface area (Å²) in [5, 5.41) is 16.7. The molecule has 0 atom stereocenters. The molecule has 52 valence electrons. The SMILES string of the molecule is C=CC(C)(CC#N)CC#N. The fraction of sp³-hybridized carbons (Fsp3) is 0.500. The van der Waals surface area contributed by atoms with Crippen LogP contribution in [0, 0.1) is 28.1 Å². The first kappa shape index (κ1) is 8.72. The summed E-state index contributed by atoms with van der Waals surface area (Å²) >= 11 is 0. The Balaban J connectivity index is 4.14. The first-order valence-corrected chi connectivity index (χ1v) is 3.06. The molecule has 0 aliphatic carbocycles. The highest BCUT2D eigenvalue weighted by Gasteiger charge is 2.18. The third kappa shape index (κ3) is 2.33. The molecule has 0 aliphatic rings. The fourth-order valence-corrected chi connectivity index (χ4v) is 0.568. The Morgan fingerprint density at radius 1 is 1.40 bits per heavy atom. The van der Waals surface area contributed by atoms with Crippen LogP contribution in [0.3, 0.4) is 0 Å². The number of hydrogen-bond acceptors (Lipinski definition) is 2. The third-order valence-corrected chi connectivity index (χ3v) is 1.46. The molecule has 2 nitrogen and oxygen atoms in total. The molecule has 0 unspecified atom stereocenters. The van der Waals surface area contributed by atoms with Crippen molar-refractivity contribution in [1.29, 1.82) is 10.5 Å². The van der Waals surface area contributed by atoms with E-state index in [1.165, 1.54) is 0 Å². The van der Waals surface area contributed by atoms with E-state index in [1.54, 1.807) is 6.08 Å². The summed E-state index contributed by atoms with van der Waals surface area (Å²) in [6.45, 7) is 5.42. The lowest BCUT2D eigenvalue weighted by Gasteiger charge is -2.16. The van der Waals surface area contributed by atoms with Crippen molar-refractivity contribution >= 4 is 0 Å². The maximum absolute atomic E-state index is 8.35. The van der Waals surface area contributed by atoms with Gasteiger partial charge in [0.25, 0.3) is 0 Å². The zero-order valence-corrected chi connectivity index (χ0v) is 6.09. The zero-order valence-electron chi connectivity index (χ0n) is 6.09. The van der Waals surface area contributed by atoms with Gasteiger partial charge in [0.1, 0.15) is 0 Å². The van der Waals surface area contributed by atoms with Gasteiger partial charge in [-0.1, -0.05) is 13.0 Å². The molecule has 0 heterocycles. The molecule has 0 saturated carbocycles. The summed E-state index contributed by atoms with van der Waals surface area (Å²) in [4.78, 5) is 0. The van der Waals surface area contributed by atoms with Crippen molar-refractivity contribution in [2.75, 3.05) is 0 Å². The molecule has 0 aromatic carbocycles. The second-order valence-corrected chi connectivity index (χ2v) is 2.53. The van der Waals surface area contributed by atoms with Crippen molar-refractivity contribution < 1.29 is 0 Å². The van der Waals surface area contributed by atoms with Crippen LogP contribution in [-0.4, -0.2) is 0 Å². The molecule has 0 bridgehead atoms. The maximum Gasteiger partial charge on any atom is 0.0631 e. The van der Waals surface area contributed by atoms with E-state index in [2.05, 4.69) is 6.58 Å². The maximum atomic E-state index is 8.35. The van der Waals surface area contributed by atoms with Crippen LogP contribution in [0.1, 0.15) is 19.8 Å². The molecular formula is C8H10N2. The van der Waals surface area contributed by atoms with Gasteiger partial charge < -0.3 is 0 Å². The predicted molar refractivity (Wildman–Crippen MR) is 38.8 cm³/mol. The molecule has 10 heavy (non-hydrogen) atoms. The molecular weight excluding hydrogens is 124 g/mol. The van der Waals surface area contributed by atoms with Gasteiger partial charge >= 0.3 is 0 Å². The first-order chi connectivity index (χ1) is 4.68. The lowest BCUT2D eigenvalue weighted by Crippen LogP contribution is -2.10. The highest BCUT2D eigenvalue weighted by Crippen LogP contribution is 2.25. The van der Waals surface area contributed by atoms with Gasteiger partial charge in [-0.05, 0) is 0 Å². The van der Waals surface area contributed by atoms with E-state index >= 15 is 0 Å². The van der Waals surface area contributed by atoms with E-state index in [1.807, 2.05) is 19.1 Å². The Kier molecular flexibility index (Phi) is 3.22. The minimum Gasteiger partial charge on any atom is -0.198 e. The number of rotatable bonds is 3. The second-order valence-electron chi connectivity index (χ2n) is 2.53. The summed E-state index contributed by atoms with van der Waals surface area (Å²) in [5.74, 6) is 0. The lowest BCUT2D eigenvalue weighted by molar-refractivity contribution is 0.452. The number of hydrogen-bond donors (Lipinski definition) is 0. The Labute approximate surface area is 61.4 Å². The van der Waals surface area contributed by atoms with Crippen LogP contribution in [0.5, 0.6) is 0 Å². The van der Waals surface area contributed by atoms with Crippen LogP contribution in [0.2, 0.25) is 0 Å². The molecule has 0 rings (SSSR count). The van der Waals surface area contributed by atoms with Crippen molar-refractivity contribution in [2.24, 2.45) is 5.41 Å². The predicted octanol–water partition coefficient (Wildman–Crippen LogP) is 2.01. The van der Waals surface area contributed by atoms with Crippen molar-refractivity contribution in [2.45, 2.75) is 19.8 Å². The molecule has 0 aliphatic heterocycles. The average Bonchev–Trinajstić information content (AvgIpc) is 1.89. The Bertz CT molecular complexity index is 176. The van der Waals surface area contributed by atoms with Crippen molar-refractivity contribution in [3.05, 3.63) is 12.7 Å². The highest BCUT2D eigenvalue weighted by atomic mass is 14.3.